The Morgan fingerprint density at radius 2 is 1.00 bits per heavy atom. The number of benzene rings is 1. The summed E-state index contributed by atoms with van der Waals surface area (Å²) in [7, 11) is 0. The summed E-state index contributed by atoms with van der Waals surface area (Å²) in [5.74, 6) is -1.08. The Morgan fingerprint density at radius 3 is 1.43 bits per heavy atom. The third-order valence-electron chi connectivity index (χ3n) is 8.19. The molecule has 1 unspecified atom stereocenters. The van der Waals surface area contributed by atoms with Gasteiger partial charge in [0.15, 0.2) is 0 Å². The molecular weight excluding hydrogens is 454 g/mol. The van der Waals surface area contributed by atoms with E-state index in [9.17, 15) is 0 Å². The van der Waals surface area contributed by atoms with Crippen molar-refractivity contribution in [1.82, 2.24) is 4.48 Å². The van der Waals surface area contributed by atoms with E-state index in [1.165, 1.54) is 159 Å². The van der Waals surface area contributed by atoms with Crippen LogP contribution in [0.15, 0.2) is 24.3 Å². The lowest BCUT2D eigenvalue weighted by Crippen LogP contribution is -2.49. The number of unbranched alkanes of at least 4 members (excludes halogenated alkanes) is 18. The molecule has 1 aromatic rings. The van der Waals surface area contributed by atoms with Crippen LogP contribution in [0.2, 0.25) is 0 Å². The van der Waals surface area contributed by atoms with E-state index in [2.05, 4.69) is 38.1 Å². The molecule has 0 amide bonds. The first-order chi connectivity index (χ1) is 18.1. The van der Waals surface area contributed by atoms with Gasteiger partial charge in [-0.1, -0.05) is 135 Å². The van der Waals surface area contributed by atoms with Crippen LogP contribution in [0.25, 0.3) is 0 Å². The van der Waals surface area contributed by atoms with Gasteiger partial charge in [-0.25, -0.2) is 0 Å². The normalized spacial score (nSPS) is 16.3. The van der Waals surface area contributed by atoms with Crippen LogP contribution in [0.1, 0.15) is 155 Å². The zero-order chi connectivity index (χ0) is 27.0. The topological polar surface area (TPSA) is 40.1 Å². The molecule has 1 atom stereocenters. The number of para-hydroxylation sites is 1. The van der Waals surface area contributed by atoms with Gasteiger partial charge in [-0.15, -0.1) is 0 Å². The number of carbonyl (C=O) groups excluding carboxylic acids is 1. The van der Waals surface area contributed by atoms with E-state index >= 15 is 0 Å². The number of hydrogen-bond acceptors (Lipinski definition) is 2. The number of quaternary nitrogens is 1. The first kappa shape index (κ1) is 33.7. The molecule has 0 aliphatic carbocycles. The first-order valence-corrected chi connectivity index (χ1v) is 16.2. The van der Waals surface area contributed by atoms with Gasteiger partial charge in [0.1, 0.15) is 5.69 Å². The van der Waals surface area contributed by atoms with Gasteiger partial charge >= 0.3 is 0 Å². The van der Waals surface area contributed by atoms with Crippen molar-refractivity contribution in [1.29, 1.82) is 0 Å². The molecule has 0 fully saturated rings. The molecule has 0 spiro atoms. The van der Waals surface area contributed by atoms with Crippen LogP contribution in [0.5, 0.6) is 0 Å². The molecule has 0 aromatic heterocycles. The standard InChI is InChI=1S/C32H58N.C2H4O2/c1-3-5-7-9-10-11-12-13-14-15-16-17-18-19-20-24-29-33(28-23-8-6-4-2)30-27-31-25-21-22-26-32(31)33;1-2(3)4/h21-22,25-26H,3-20,23-24,27-30H2,1-2H3;1H3,(H,3,4)/q+1;/p-1. The molecule has 0 saturated carbocycles. The van der Waals surface area contributed by atoms with Crippen molar-refractivity contribution in [2.75, 3.05) is 19.6 Å². The number of nitrogens with zero attached hydrogens (tertiary/aromatic N) is 1. The number of hydrogen-bond donors (Lipinski definition) is 0. The minimum absolute atomic E-state index is 0.972. The highest BCUT2D eigenvalue weighted by Gasteiger charge is 2.36. The maximum Gasteiger partial charge on any atom is 0.136 e. The fourth-order valence-electron chi connectivity index (χ4n) is 6.02. The number of carboxylic acids is 1. The molecule has 3 heteroatoms. The van der Waals surface area contributed by atoms with E-state index < -0.39 is 5.97 Å². The highest BCUT2D eigenvalue weighted by Crippen LogP contribution is 2.36. The van der Waals surface area contributed by atoms with E-state index in [4.69, 9.17) is 9.90 Å². The third-order valence-corrected chi connectivity index (χ3v) is 8.19. The number of fused-ring (bicyclic) bond motifs is 1. The lowest BCUT2D eigenvalue weighted by atomic mass is 10.0. The van der Waals surface area contributed by atoms with Gasteiger partial charge in [-0.05, 0) is 38.7 Å². The Hall–Kier alpha value is -1.35. The van der Waals surface area contributed by atoms with E-state index in [1.807, 2.05) is 0 Å². The summed E-state index contributed by atoms with van der Waals surface area (Å²) >= 11 is 0. The zero-order valence-electron chi connectivity index (χ0n) is 25.0. The fraction of sp³-hybridized carbons (Fsp3) is 0.794. The highest BCUT2D eigenvalue weighted by molar-refractivity contribution is 5.60. The summed E-state index contributed by atoms with van der Waals surface area (Å²) in [6.07, 6.45) is 30.2. The monoisotopic (exact) mass is 515 g/mol. The summed E-state index contributed by atoms with van der Waals surface area (Å²) in [4.78, 5) is 8.89. The maximum atomic E-state index is 8.89. The summed E-state index contributed by atoms with van der Waals surface area (Å²) in [5, 5.41) is 8.89. The summed E-state index contributed by atoms with van der Waals surface area (Å²) in [6.45, 7) is 9.70. The van der Waals surface area contributed by atoms with Gasteiger partial charge < -0.3 is 9.90 Å². The van der Waals surface area contributed by atoms with Gasteiger partial charge in [0.05, 0.1) is 19.6 Å². The van der Waals surface area contributed by atoms with Crippen LogP contribution in [0, 0.1) is 0 Å². The van der Waals surface area contributed by atoms with Crippen LogP contribution in [0.4, 0.5) is 5.69 Å². The number of carbonyl (C=O) groups is 1. The van der Waals surface area contributed by atoms with Gasteiger partial charge in [-0.3, -0.25) is 4.48 Å². The molecule has 0 saturated heterocycles. The SMILES string of the molecule is CC(=O)[O-].CCCCCCCCCCCCCCCCCC[N+]1(CCCCCC)CCc2ccccc21. The Labute approximate surface area is 231 Å². The largest absolute Gasteiger partial charge is 0.550 e. The molecule has 2 rings (SSSR count). The highest BCUT2D eigenvalue weighted by atomic mass is 16.4. The fourth-order valence-corrected chi connectivity index (χ4v) is 6.02. The molecule has 3 nitrogen and oxygen atoms in total. The van der Waals surface area contributed by atoms with Gasteiger partial charge in [0.2, 0.25) is 0 Å². The van der Waals surface area contributed by atoms with E-state index in [1.54, 1.807) is 11.3 Å². The summed E-state index contributed by atoms with van der Waals surface area (Å²) < 4.78 is 1.29. The van der Waals surface area contributed by atoms with Crippen molar-refractivity contribution in [2.45, 2.75) is 156 Å². The minimum Gasteiger partial charge on any atom is -0.550 e. The van der Waals surface area contributed by atoms with Crippen molar-refractivity contribution in [3.05, 3.63) is 29.8 Å². The average Bonchev–Trinajstić information content (AvgIpc) is 3.25. The Balaban J connectivity index is 0.00000159. The molecule has 37 heavy (non-hydrogen) atoms. The minimum atomic E-state index is -1.08. The lowest BCUT2D eigenvalue weighted by molar-refractivity contribution is -0.302. The van der Waals surface area contributed by atoms with Gasteiger partial charge in [-0.2, -0.15) is 0 Å². The molecule has 1 aliphatic heterocycles. The van der Waals surface area contributed by atoms with Crippen molar-refractivity contribution in [3.8, 4) is 0 Å². The second-order valence-corrected chi connectivity index (χ2v) is 11.6. The predicted molar refractivity (Wildman–Crippen MR) is 161 cm³/mol. The van der Waals surface area contributed by atoms with Gasteiger partial charge in [0.25, 0.3) is 0 Å². The molecule has 0 N–H and O–H groups in total. The van der Waals surface area contributed by atoms with E-state index in [0.717, 1.165) is 6.92 Å². The van der Waals surface area contributed by atoms with E-state index in [0.29, 0.717) is 0 Å². The molecule has 1 aromatic carbocycles. The van der Waals surface area contributed by atoms with Crippen LogP contribution in [-0.2, 0) is 11.2 Å². The Morgan fingerprint density at radius 1 is 0.649 bits per heavy atom. The predicted octanol–water partition coefficient (Wildman–Crippen LogP) is 9.15. The van der Waals surface area contributed by atoms with Crippen LogP contribution >= 0.6 is 0 Å². The molecule has 1 aliphatic rings. The second kappa shape index (κ2) is 22.6. The third kappa shape index (κ3) is 16.3. The Bertz CT molecular complexity index is 670. The number of rotatable bonds is 22. The summed E-state index contributed by atoms with van der Waals surface area (Å²) in [5.41, 5.74) is 3.29. The quantitative estimate of drug-likeness (QED) is 0.114. The number of aliphatic carboxylic acids is 1. The Kier molecular flexibility index (Phi) is 20.6. The zero-order valence-corrected chi connectivity index (χ0v) is 25.0. The second-order valence-electron chi connectivity index (χ2n) is 11.6. The molecular formula is C34H61NO2. The van der Waals surface area contributed by atoms with E-state index in [-0.39, 0.29) is 0 Å². The number of carboxylic acid groups (broad SMARTS) is 1. The van der Waals surface area contributed by atoms with Crippen LogP contribution in [0.3, 0.4) is 0 Å². The average molecular weight is 516 g/mol. The van der Waals surface area contributed by atoms with Crippen molar-refractivity contribution >= 4 is 11.7 Å². The molecule has 0 bridgehead atoms. The summed E-state index contributed by atoms with van der Waals surface area (Å²) in [6, 6.07) is 9.34. The maximum absolute atomic E-state index is 8.89. The van der Waals surface area contributed by atoms with Crippen molar-refractivity contribution in [2.24, 2.45) is 0 Å². The molecule has 1 heterocycles. The molecule has 0 radical (unpaired) electrons. The van der Waals surface area contributed by atoms with Crippen LogP contribution in [-0.4, -0.2) is 25.6 Å². The van der Waals surface area contributed by atoms with Gasteiger partial charge in [0, 0.05) is 18.0 Å². The van der Waals surface area contributed by atoms with Crippen molar-refractivity contribution in [3.63, 3.8) is 0 Å². The smallest absolute Gasteiger partial charge is 0.136 e. The molecule has 214 valence electrons. The first-order valence-electron chi connectivity index (χ1n) is 16.2. The lowest BCUT2D eigenvalue weighted by Gasteiger charge is -2.35. The van der Waals surface area contributed by atoms with Crippen LogP contribution < -0.4 is 9.59 Å². The van der Waals surface area contributed by atoms with Crippen molar-refractivity contribution < 1.29 is 9.90 Å².